The molecule has 0 radical (unpaired) electrons. The van der Waals surface area contributed by atoms with Gasteiger partial charge in [0.2, 0.25) is 0 Å². The van der Waals surface area contributed by atoms with Crippen LogP contribution < -0.4 is 10.2 Å². The van der Waals surface area contributed by atoms with Crippen molar-refractivity contribution in [2.75, 3.05) is 18.0 Å². The van der Waals surface area contributed by atoms with Crippen LogP contribution in [-0.2, 0) is 16.8 Å². The predicted octanol–water partition coefficient (Wildman–Crippen LogP) is 5.35. The molecule has 3 heterocycles. The van der Waals surface area contributed by atoms with Gasteiger partial charge in [-0.1, -0.05) is 63.4 Å². The minimum absolute atomic E-state index is 0.262. The Labute approximate surface area is 211 Å². The maximum absolute atomic E-state index is 14.0. The summed E-state index contributed by atoms with van der Waals surface area (Å²) in [5, 5.41) is 4.13. The van der Waals surface area contributed by atoms with Crippen molar-refractivity contribution < 1.29 is 14.4 Å². The molecule has 5 rings (SSSR count). The third-order valence-corrected chi connectivity index (χ3v) is 7.95. The van der Waals surface area contributed by atoms with Crippen molar-refractivity contribution >= 4 is 34.4 Å². The van der Waals surface area contributed by atoms with Crippen LogP contribution in [0.15, 0.2) is 48.5 Å². The second kappa shape index (κ2) is 9.45. The Hall–Kier alpha value is -3.61. The van der Waals surface area contributed by atoms with Crippen LogP contribution in [0.4, 0.5) is 10.5 Å². The summed E-state index contributed by atoms with van der Waals surface area (Å²) in [6.45, 7) is 7.13. The van der Waals surface area contributed by atoms with E-state index in [4.69, 9.17) is 0 Å². The van der Waals surface area contributed by atoms with Crippen LogP contribution in [0.2, 0.25) is 0 Å². The number of nitrogens with one attached hydrogen (secondary N) is 2. The number of para-hydroxylation sites is 2. The summed E-state index contributed by atoms with van der Waals surface area (Å²) in [5.41, 5.74) is 2.32. The third-order valence-electron chi connectivity index (χ3n) is 7.95. The lowest BCUT2D eigenvalue weighted by Gasteiger charge is -2.35. The summed E-state index contributed by atoms with van der Waals surface area (Å²) >= 11 is 0. The number of hydrogen-bond acceptors (Lipinski definition) is 3. The Kier molecular flexibility index (Phi) is 6.33. The number of aromatic nitrogens is 1. The van der Waals surface area contributed by atoms with E-state index in [0.29, 0.717) is 36.7 Å². The first-order valence-electron chi connectivity index (χ1n) is 13.0. The first kappa shape index (κ1) is 24.1. The van der Waals surface area contributed by atoms with Gasteiger partial charge in [0.15, 0.2) is 5.54 Å². The number of hydrogen-bond donors (Lipinski definition) is 2. The van der Waals surface area contributed by atoms with E-state index in [-0.39, 0.29) is 17.8 Å². The molecule has 0 aliphatic carbocycles. The average Bonchev–Trinajstić information content (AvgIpc) is 3.37. The molecule has 7 nitrogen and oxygen atoms in total. The van der Waals surface area contributed by atoms with Gasteiger partial charge in [0.25, 0.3) is 11.8 Å². The second-order valence-electron chi connectivity index (χ2n) is 10.1. The number of rotatable bonds is 8. The van der Waals surface area contributed by atoms with E-state index in [0.717, 1.165) is 47.8 Å². The molecule has 2 aliphatic heterocycles. The van der Waals surface area contributed by atoms with E-state index in [1.54, 1.807) is 29.2 Å². The van der Waals surface area contributed by atoms with Crippen LogP contribution >= 0.6 is 0 Å². The van der Waals surface area contributed by atoms with Crippen LogP contribution in [0, 0.1) is 5.92 Å². The number of unbranched alkanes of at least 4 members (excludes halogenated alkanes) is 1. The number of fused-ring (bicyclic) bond motifs is 5. The van der Waals surface area contributed by atoms with Crippen LogP contribution in [0.5, 0.6) is 0 Å². The highest BCUT2D eigenvalue weighted by Gasteiger charge is 2.59. The number of carbonyl (C=O) groups excluding carboxylic acids is 3. The molecule has 1 saturated heterocycles. The zero-order chi connectivity index (χ0) is 25.4. The molecule has 0 bridgehead atoms. The molecular weight excluding hydrogens is 452 g/mol. The molecule has 0 saturated carbocycles. The highest BCUT2D eigenvalue weighted by atomic mass is 16.2. The Balaban J connectivity index is 1.47. The van der Waals surface area contributed by atoms with Crippen LogP contribution in [0.25, 0.3) is 10.9 Å². The van der Waals surface area contributed by atoms with Gasteiger partial charge >= 0.3 is 6.03 Å². The van der Waals surface area contributed by atoms with E-state index >= 15 is 0 Å². The number of urea groups is 1. The number of imide groups is 1. The molecule has 3 aromatic rings. The average molecular weight is 487 g/mol. The number of aromatic amines is 1. The van der Waals surface area contributed by atoms with Crippen LogP contribution in [-0.4, -0.2) is 40.8 Å². The van der Waals surface area contributed by atoms with E-state index in [9.17, 15) is 14.4 Å². The zero-order valence-electron chi connectivity index (χ0n) is 21.3. The van der Waals surface area contributed by atoms with Gasteiger partial charge in [-0.15, -0.1) is 0 Å². The first-order valence-corrected chi connectivity index (χ1v) is 13.0. The molecule has 2 atom stereocenters. The molecule has 7 heteroatoms. The van der Waals surface area contributed by atoms with Gasteiger partial charge in [0.05, 0.1) is 16.9 Å². The van der Waals surface area contributed by atoms with Gasteiger partial charge in [-0.3, -0.25) is 9.59 Å². The highest BCUT2D eigenvalue weighted by molar-refractivity contribution is 6.25. The summed E-state index contributed by atoms with van der Waals surface area (Å²) in [5.74, 6) is -0.193. The fourth-order valence-corrected chi connectivity index (χ4v) is 5.74. The van der Waals surface area contributed by atoms with Gasteiger partial charge < -0.3 is 15.2 Å². The molecule has 1 fully saturated rings. The summed E-state index contributed by atoms with van der Waals surface area (Å²) in [7, 11) is 0. The SMILES string of the molecule is CCCC[C@H](CC)CNC(=O)c1ccccc1N1C(=O)N2CCc3c([nH]c4ccccc34)[C@@]2(C)C1=O. The fraction of sp³-hybridized carbons (Fsp3) is 0.414. The molecular formula is C29H34N4O3. The van der Waals surface area contributed by atoms with E-state index in [2.05, 4.69) is 24.1 Å². The second-order valence-corrected chi connectivity index (χ2v) is 10.1. The Morgan fingerprint density at radius 1 is 1.11 bits per heavy atom. The van der Waals surface area contributed by atoms with Crippen molar-refractivity contribution in [3.8, 4) is 0 Å². The van der Waals surface area contributed by atoms with Crippen LogP contribution in [0.1, 0.15) is 68.1 Å². The number of carbonyl (C=O) groups is 3. The molecule has 36 heavy (non-hydrogen) atoms. The predicted molar refractivity (Wildman–Crippen MR) is 141 cm³/mol. The van der Waals surface area contributed by atoms with Gasteiger partial charge in [0.1, 0.15) is 0 Å². The molecule has 188 valence electrons. The largest absolute Gasteiger partial charge is 0.356 e. The number of amides is 4. The molecule has 0 unspecified atom stereocenters. The van der Waals surface area contributed by atoms with Gasteiger partial charge in [-0.05, 0) is 49.4 Å². The number of H-pyrrole nitrogens is 1. The third kappa shape index (κ3) is 3.69. The van der Waals surface area contributed by atoms with Crippen molar-refractivity contribution in [1.29, 1.82) is 0 Å². The smallest absolute Gasteiger partial charge is 0.332 e. The van der Waals surface area contributed by atoms with E-state index in [1.807, 2.05) is 31.2 Å². The number of benzene rings is 2. The Morgan fingerprint density at radius 3 is 2.64 bits per heavy atom. The standard InChI is InChI=1S/C29H34N4O3/c1-4-6-11-19(5-2)18-30-26(34)22-13-8-10-15-24(22)33-27(35)29(3)25-21(16-17-32(29)28(33)36)20-12-7-9-14-23(20)31-25/h7-10,12-15,19,31H,4-6,11,16-18H2,1-3H3,(H,30,34)/t19-,29-/m0/s1. The van der Waals surface area contributed by atoms with Gasteiger partial charge in [0, 0.05) is 24.0 Å². The minimum atomic E-state index is -1.15. The lowest BCUT2D eigenvalue weighted by molar-refractivity contribution is -0.125. The maximum atomic E-state index is 14.0. The summed E-state index contributed by atoms with van der Waals surface area (Å²) in [4.78, 5) is 47.2. The van der Waals surface area contributed by atoms with Crippen LogP contribution in [0.3, 0.4) is 0 Å². The topological polar surface area (TPSA) is 85.5 Å². The molecule has 2 aromatic carbocycles. The van der Waals surface area contributed by atoms with Crippen molar-refractivity contribution in [3.63, 3.8) is 0 Å². The zero-order valence-corrected chi connectivity index (χ0v) is 21.3. The Bertz CT molecular complexity index is 1330. The molecule has 1 aromatic heterocycles. The highest BCUT2D eigenvalue weighted by Crippen LogP contribution is 2.45. The van der Waals surface area contributed by atoms with Crippen molar-refractivity contribution in [3.05, 3.63) is 65.4 Å². The lowest BCUT2D eigenvalue weighted by Crippen LogP contribution is -2.49. The maximum Gasteiger partial charge on any atom is 0.332 e. The van der Waals surface area contributed by atoms with Crippen molar-refractivity contribution in [2.45, 2.75) is 58.4 Å². The lowest BCUT2D eigenvalue weighted by atomic mass is 9.87. The minimum Gasteiger partial charge on any atom is -0.356 e. The van der Waals surface area contributed by atoms with E-state index in [1.165, 1.54) is 4.90 Å². The summed E-state index contributed by atoms with van der Waals surface area (Å²) in [6.07, 6.45) is 4.98. The van der Waals surface area contributed by atoms with E-state index < -0.39 is 5.54 Å². The van der Waals surface area contributed by atoms with Crippen molar-refractivity contribution in [1.82, 2.24) is 15.2 Å². The Morgan fingerprint density at radius 2 is 1.86 bits per heavy atom. The van der Waals surface area contributed by atoms with Gasteiger partial charge in [-0.25, -0.2) is 9.69 Å². The summed E-state index contributed by atoms with van der Waals surface area (Å²) in [6, 6.07) is 14.5. The summed E-state index contributed by atoms with van der Waals surface area (Å²) < 4.78 is 0. The molecule has 2 aliphatic rings. The molecule has 0 spiro atoms. The quantitative estimate of drug-likeness (QED) is 0.421. The first-order chi connectivity index (χ1) is 17.4. The normalized spacial score (nSPS) is 20.0. The van der Waals surface area contributed by atoms with Gasteiger partial charge in [-0.2, -0.15) is 0 Å². The number of nitrogens with zero attached hydrogens (tertiary/aromatic N) is 2. The fourth-order valence-electron chi connectivity index (χ4n) is 5.74. The molecule has 4 amide bonds. The number of anilines is 1. The van der Waals surface area contributed by atoms with Crippen molar-refractivity contribution in [2.24, 2.45) is 5.92 Å². The molecule has 2 N–H and O–H groups in total. The monoisotopic (exact) mass is 486 g/mol.